The zero-order chi connectivity index (χ0) is 12.7. The molecule has 1 aromatic rings. The standard InChI is InChI=1S/C13H20N2O2/c1-10(14)8-15-11(2)13(16)17-9-12-6-4-3-5-7-12/h3-7,10-11,15H,8-9,14H2,1-2H3/t10-,11-/m1/s1. The Morgan fingerprint density at radius 2 is 2.00 bits per heavy atom. The van der Waals surface area contributed by atoms with Gasteiger partial charge in [-0.1, -0.05) is 30.3 Å². The van der Waals surface area contributed by atoms with E-state index in [-0.39, 0.29) is 18.1 Å². The van der Waals surface area contributed by atoms with Gasteiger partial charge in [0.25, 0.3) is 0 Å². The summed E-state index contributed by atoms with van der Waals surface area (Å²) >= 11 is 0. The van der Waals surface area contributed by atoms with Crippen LogP contribution in [0.1, 0.15) is 19.4 Å². The monoisotopic (exact) mass is 236 g/mol. The van der Waals surface area contributed by atoms with Gasteiger partial charge in [0.1, 0.15) is 12.6 Å². The minimum absolute atomic E-state index is 0.0272. The lowest BCUT2D eigenvalue weighted by molar-refractivity contribution is -0.147. The molecule has 0 aliphatic carbocycles. The third kappa shape index (κ3) is 5.47. The zero-order valence-electron chi connectivity index (χ0n) is 10.3. The summed E-state index contributed by atoms with van der Waals surface area (Å²) in [7, 11) is 0. The molecule has 2 atom stereocenters. The number of rotatable bonds is 6. The average molecular weight is 236 g/mol. The van der Waals surface area contributed by atoms with Crippen molar-refractivity contribution in [1.82, 2.24) is 5.32 Å². The number of nitrogens with one attached hydrogen (secondary N) is 1. The number of hydrogen-bond donors (Lipinski definition) is 2. The third-order valence-electron chi connectivity index (χ3n) is 2.32. The molecule has 0 radical (unpaired) electrons. The van der Waals surface area contributed by atoms with Crippen LogP contribution in [0.4, 0.5) is 0 Å². The molecule has 0 unspecified atom stereocenters. The topological polar surface area (TPSA) is 64.3 Å². The van der Waals surface area contributed by atoms with Gasteiger partial charge >= 0.3 is 5.97 Å². The molecule has 0 aliphatic rings. The van der Waals surface area contributed by atoms with Crippen molar-refractivity contribution in [3.8, 4) is 0 Å². The molecule has 17 heavy (non-hydrogen) atoms. The molecule has 0 aliphatic heterocycles. The van der Waals surface area contributed by atoms with E-state index in [1.165, 1.54) is 0 Å². The summed E-state index contributed by atoms with van der Waals surface area (Å²) < 4.78 is 5.18. The van der Waals surface area contributed by atoms with Crippen molar-refractivity contribution in [2.45, 2.75) is 32.5 Å². The van der Waals surface area contributed by atoms with Crippen LogP contribution in [-0.2, 0) is 16.1 Å². The Kier molecular flexibility index (Phi) is 5.66. The largest absolute Gasteiger partial charge is 0.460 e. The molecule has 3 N–H and O–H groups in total. The number of nitrogens with two attached hydrogens (primary N) is 1. The van der Waals surface area contributed by atoms with Crippen molar-refractivity contribution in [2.24, 2.45) is 5.73 Å². The average Bonchev–Trinajstić information content (AvgIpc) is 2.34. The van der Waals surface area contributed by atoms with Crippen LogP contribution >= 0.6 is 0 Å². The first-order chi connectivity index (χ1) is 8.09. The molecule has 1 rings (SSSR count). The van der Waals surface area contributed by atoms with E-state index >= 15 is 0 Å². The first kappa shape index (κ1) is 13.7. The van der Waals surface area contributed by atoms with E-state index in [9.17, 15) is 4.79 Å². The fourth-order valence-corrected chi connectivity index (χ4v) is 1.30. The molecule has 4 nitrogen and oxygen atoms in total. The molecule has 94 valence electrons. The molecule has 0 spiro atoms. The Balaban J connectivity index is 2.29. The van der Waals surface area contributed by atoms with E-state index in [2.05, 4.69) is 5.32 Å². The van der Waals surface area contributed by atoms with Gasteiger partial charge in [0.15, 0.2) is 0 Å². The number of esters is 1. The number of hydrogen-bond acceptors (Lipinski definition) is 4. The predicted molar refractivity (Wildman–Crippen MR) is 67.4 cm³/mol. The summed E-state index contributed by atoms with van der Waals surface area (Å²) in [6.07, 6.45) is 0. The second-order valence-corrected chi connectivity index (χ2v) is 4.20. The van der Waals surface area contributed by atoms with Gasteiger partial charge in [0.2, 0.25) is 0 Å². The SMILES string of the molecule is C[C@@H](N)CN[C@H](C)C(=O)OCc1ccccc1. The summed E-state index contributed by atoms with van der Waals surface area (Å²) in [5.74, 6) is -0.255. The van der Waals surface area contributed by atoms with E-state index < -0.39 is 0 Å². The number of ether oxygens (including phenoxy) is 1. The van der Waals surface area contributed by atoms with Gasteiger partial charge in [-0.15, -0.1) is 0 Å². The van der Waals surface area contributed by atoms with Crippen molar-refractivity contribution in [1.29, 1.82) is 0 Å². The summed E-state index contributed by atoms with van der Waals surface area (Å²) in [5.41, 5.74) is 6.58. The Bertz CT molecular complexity index is 339. The van der Waals surface area contributed by atoms with Gasteiger partial charge in [-0.25, -0.2) is 0 Å². The van der Waals surface area contributed by atoms with Gasteiger partial charge in [-0.05, 0) is 19.4 Å². The molecule has 0 bridgehead atoms. The molecule has 1 aromatic carbocycles. The molecule has 0 amide bonds. The van der Waals surface area contributed by atoms with E-state index in [1.54, 1.807) is 6.92 Å². The molecule has 0 heterocycles. The van der Waals surface area contributed by atoms with Gasteiger partial charge < -0.3 is 15.8 Å². The highest BCUT2D eigenvalue weighted by molar-refractivity contribution is 5.75. The van der Waals surface area contributed by atoms with Crippen molar-refractivity contribution < 1.29 is 9.53 Å². The molecule has 0 saturated carbocycles. The maximum atomic E-state index is 11.6. The Morgan fingerprint density at radius 3 is 2.59 bits per heavy atom. The van der Waals surface area contributed by atoms with Crippen LogP contribution in [-0.4, -0.2) is 24.6 Å². The normalized spacial score (nSPS) is 14.1. The predicted octanol–water partition coefficient (Wildman–Crippen LogP) is 1.06. The van der Waals surface area contributed by atoms with Gasteiger partial charge in [0.05, 0.1) is 0 Å². The quantitative estimate of drug-likeness (QED) is 0.725. The summed E-state index contributed by atoms with van der Waals surface area (Å²) in [6.45, 7) is 4.57. The van der Waals surface area contributed by atoms with Crippen LogP contribution in [0.15, 0.2) is 30.3 Å². The Hall–Kier alpha value is -1.39. The fraction of sp³-hybridized carbons (Fsp3) is 0.462. The maximum absolute atomic E-state index is 11.6. The number of carbonyl (C=O) groups is 1. The third-order valence-corrected chi connectivity index (χ3v) is 2.32. The van der Waals surface area contributed by atoms with Crippen LogP contribution in [0.25, 0.3) is 0 Å². The highest BCUT2D eigenvalue weighted by atomic mass is 16.5. The van der Waals surface area contributed by atoms with Crippen LogP contribution in [0.2, 0.25) is 0 Å². The van der Waals surface area contributed by atoms with E-state index in [0.29, 0.717) is 13.2 Å². The van der Waals surface area contributed by atoms with Gasteiger partial charge in [-0.3, -0.25) is 4.79 Å². The number of carbonyl (C=O) groups excluding carboxylic acids is 1. The lowest BCUT2D eigenvalue weighted by atomic mass is 10.2. The van der Waals surface area contributed by atoms with Crippen LogP contribution in [0.5, 0.6) is 0 Å². The molecular weight excluding hydrogens is 216 g/mol. The van der Waals surface area contributed by atoms with E-state index in [4.69, 9.17) is 10.5 Å². The van der Waals surface area contributed by atoms with Crippen molar-refractivity contribution >= 4 is 5.97 Å². The summed E-state index contributed by atoms with van der Waals surface area (Å²) in [6, 6.07) is 9.31. The van der Waals surface area contributed by atoms with Gasteiger partial charge in [-0.2, -0.15) is 0 Å². The highest BCUT2D eigenvalue weighted by Gasteiger charge is 2.13. The second kappa shape index (κ2) is 7.04. The number of benzene rings is 1. The summed E-state index contributed by atoms with van der Waals surface area (Å²) in [5, 5.41) is 3.02. The van der Waals surface area contributed by atoms with Crippen LogP contribution in [0.3, 0.4) is 0 Å². The first-order valence-electron chi connectivity index (χ1n) is 5.79. The zero-order valence-corrected chi connectivity index (χ0v) is 10.3. The molecule has 0 aromatic heterocycles. The molecule has 0 fully saturated rings. The fourth-order valence-electron chi connectivity index (χ4n) is 1.30. The van der Waals surface area contributed by atoms with Crippen molar-refractivity contribution in [2.75, 3.05) is 6.54 Å². The lowest BCUT2D eigenvalue weighted by Gasteiger charge is -2.14. The minimum Gasteiger partial charge on any atom is -0.460 e. The first-order valence-corrected chi connectivity index (χ1v) is 5.79. The lowest BCUT2D eigenvalue weighted by Crippen LogP contribution is -2.41. The maximum Gasteiger partial charge on any atom is 0.323 e. The highest BCUT2D eigenvalue weighted by Crippen LogP contribution is 2.01. The minimum atomic E-state index is -0.329. The Labute approximate surface area is 102 Å². The van der Waals surface area contributed by atoms with Crippen molar-refractivity contribution in [3.05, 3.63) is 35.9 Å². The van der Waals surface area contributed by atoms with E-state index in [0.717, 1.165) is 5.56 Å². The molecule has 4 heteroatoms. The summed E-state index contributed by atoms with van der Waals surface area (Å²) in [4.78, 5) is 11.6. The smallest absolute Gasteiger partial charge is 0.323 e. The van der Waals surface area contributed by atoms with Gasteiger partial charge in [0, 0.05) is 12.6 Å². The van der Waals surface area contributed by atoms with E-state index in [1.807, 2.05) is 37.3 Å². The van der Waals surface area contributed by atoms with Crippen LogP contribution in [0, 0.1) is 0 Å². The Morgan fingerprint density at radius 1 is 1.35 bits per heavy atom. The molecular formula is C13H20N2O2. The van der Waals surface area contributed by atoms with Crippen molar-refractivity contribution in [3.63, 3.8) is 0 Å². The molecule has 0 saturated heterocycles. The second-order valence-electron chi connectivity index (χ2n) is 4.20. The van der Waals surface area contributed by atoms with Crippen LogP contribution < -0.4 is 11.1 Å².